The molecular weight excluding hydrogens is 306 g/mol. The van der Waals surface area contributed by atoms with Crippen LogP contribution < -0.4 is 15.4 Å². The van der Waals surface area contributed by atoms with Gasteiger partial charge in [0.2, 0.25) is 5.91 Å². The molecule has 0 bridgehead atoms. The topological polar surface area (TPSA) is 70.7 Å². The fourth-order valence-electron chi connectivity index (χ4n) is 3.33. The smallest absolute Gasteiger partial charge is 0.317 e. The van der Waals surface area contributed by atoms with Gasteiger partial charge in [-0.05, 0) is 37.8 Å². The first-order chi connectivity index (χ1) is 11.7. The van der Waals surface area contributed by atoms with Crippen molar-refractivity contribution >= 4 is 11.9 Å². The van der Waals surface area contributed by atoms with Crippen molar-refractivity contribution in [2.75, 3.05) is 19.6 Å². The van der Waals surface area contributed by atoms with Gasteiger partial charge in [0.05, 0.1) is 6.04 Å². The van der Waals surface area contributed by atoms with Crippen molar-refractivity contribution in [1.82, 2.24) is 15.5 Å². The molecule has 2 atom stereocenters. The Morgan fingerprint density at radius 1 is 1.21 bits per heavy atom. The average Bonchev–Trinajstić information content (AvgIpc) is 2.60. The van der Waals surface area contributed by atoms with Gasteiger partial charge in [0, 0.05) is 13.1 Å². The Hall–Kier alpha value is -2.24. The molecule has 1 aliphatic carbocycles. The molecule has 130 valence electrons. The number of para-hydroxylation sites is 1. The van der Waals surface area contributed by atoms with Crippen molar-refractivity contribution in [3.8, 4) is 5.75 Å². The normalized spacial score (nSPS) is 24.2. The minimum absolute atomic E-state index is 0.000641. The molecule has 24 heavy (non-hydrogen) atoms. The van der Waals surface area contributed by atoms with Crippen LogP contribution in [-0.4, -0.2) is 48.6 Å². The van der Waals surface area contributed by atoms with Crippen molar-refractivity contribution in [1.29, 1.82) is 0 Å². The van der Waals surface area contributed by atoms with Crippen molar-refractivity contribution in [2.24, 2.45) is 0 Å². The van der Waals surface area contributed by atoms with Crippen molar-refractivity contribution < 1.29 is 14.3 Å². The molecule has 6 heteroatoms. The molecule has 6 nitrogen and oxygen atoms in total. The third-order valence-electron chi connectivity index (χ3n) is 4.58. The van der Waals surface area contributed by atoms with Crippen LogP contribution in [0.2, 0.25) is 0 Å². The van der Waals surface area contributed by atoms with E-state index < -0.39 is 0 Å². The number of hydrogen-bond donors (Lipinski definition) is 2. The number of nitrogens with zero attached hydrogens (tertiary/aromatic N) is 1. The van der Waals surface area contributed by atoms with Crippen molar-refractivity contribution in [2.45, 2.75) is 44.2 Å². The molecule has 1 aromatic rings. The Morgan fingerprint density at radius 2 is 2.00 bits per heavy atom. The number of ether oxygens (including phenoxy) is 1. The summed E-state index contributed by atoms with van der Waals surface area (Å²) in [5, 5.41) is 5.84. The van der Waals surface area contributed by atoms with E-state index in [1.807, 2.05) is 30.3 Å². The van der Waals surface area contributed by atoms with Gasteiger partial charge in [0.1, 0.15) is 18.4 Å². The average molecular weight is 331 g/mol. The van der Waals surface area contributed by atoms with Gasteiger partial charge in [-0.25, -0.2) is 4.79 Å². The van der Waals surface area contributed by atoms with Gasteiger partial charge < -0.3 is 20.3 Å². The summed E-state index contributed by atoms with van der Waals surface area (Å²) in [6.07, 6.45) is 4.91. The summed E-state index contributed by atoms with van der Waals surface area (Å²) in [6.45, 7) is 1.43. The highest BCUT2D eigenvalue weighted by Crippen LogP contribution is 2.23. The Labute approximate surface area is 142 Å². The fraction of sp³-hybridized carbons (Fsp3) is 0.556. The van der Waals surface area contributed by atoms with Gasteiger partial charge in [0.15, 0.2) is 0 Å². The lowest BCUT2D eigenvalue weighted by Gasteiger charge is -2.33. The van der Waals surface area contributed by atoms with Gasteiger partial charge in [-0.2, -0.15) is 0 Å². The Kier molecular flexibility index (Phi) is 5.56. The lowest BCUT2D eigenvalue weighted by molar-refractivity contribution is -0.123. The van der Waals surface area contributed by atoms with Gasteiger partial charge in [-0.1, -0.05) is 24.6 Å². The van der Waals surface area contributed by atoms with E-state index in [0.717, 1.165) is 37.9 Å². The first-order valence-corrected chi connectivity index (χ1v) is 8.76. The zero-order valence-corrected chi connectivity index (χ0v) is 13.9. The third kappa shape index (κ3) is 4.40. The highest BCUT2D eigenvalue weighted by molar-refractivity contribution is 5.84. The zero-order chi connectivity index (χ0) is 16.8. The molecule has 2 aliphatic rings. The monoisotopic (exact) mass is 331 g/mol. The van der Waals surface area contributed by atoms with E-state index in [-0.39, 0.29) is 30.6 Å². The Morgan fingerprint density at radius 3 is 2.79 bits per heavy atom. The molecule has 0 unspecified atom stereocenters. The Bertz CT molecular complexity index is 564. The molecule has 1 saturated carbocycles. The maximum absolute atomic E-state index is 12.3. The fourth-order valence-corrected chi connectivity index (χ4v) is 3.33. The first-order valence-electron chi connectivity index (χ1n) is 8.76. The van der Waals surface area contributed by atoms with Crippen LogP contribution in [0.4, 0.5) is 4.79 Å². The van der Waals surface area contributed by atoms with Crippen LogP contribution in [-0.2, 0) is 4.79 Å². The number of nitrogens with one attached hydrogen (secondary N) is 2. The van der Waals surface area contributed by atoms with Gasteiger partial charge in [0.25, 0.3) is 0 Å². The van der Waals surface area contributed by atoms with E-state index in [4.69, 9.17) is 4.74 Å². The second-order valence-corrected chi connectivity index (χ2v) is 6.43. The summed E-state index contributed by atoms with van der Waals surface area (Å²) in [6, 6.07) is 9.56. The Balaban J connectivity index is 1.55. The van der Waals surface area contributed by atoms with Crippen LogP contribution in [0, 0.1) is 0 Å². The molecule has 2 N–H and O–H groups in total. The molecule has 0 aromatic heterocycles. The van der Waals surface area contributed by atoms with Crippen LogP contribution in [0.1, 0.15) is 32.1 Å². The maximum Gasteiger partial charge on any atom is 0.317 e. The van der Waals surface area contributed by atoms with Crippen LogP contribution in [0.3, 0.4) is 0 Å². The summed E-state index contributed by atoms with van der Waals surface area (Å²) >= 11 is 0. The SMILES string of the molecule is O=C(CN1CCCNC1=O)N[C@@H]1CCCC[C@H]1Oc1ccccc1. The van der Waals surface area contributed by atoms with Gasteiger partial charge >= 0.3 is 6.03 Å². The molecule has 2 fully saturated rings. The van der Waals surface area contributed by atoms with E-state index in [1.165, 1.54) is 0 Å². The second kappa shape index (κ2) is 8.04. The highest BCUT2D eigenvalue weighted by atomic mass is 16.5. The van der Waals surface area contributed by atoms with Gasteiger partial charge in [-0.3, -0.25) is 4.79 Å². The van der Waals surface area contributed by atoms with Crippen LogP contribution in [0.15, 0.2) is 30.3 Å². The predicted molar refractivity (Wildman–Crippen MR) is 90.8 cm³/mol. The lowest BCUT2D eigenvalue weighted by atomic mass is 9.92. The number of carbonyl (C=O) groups is 2. The van der Waals surface area contributed by atoms with E-state index in [9.17, 15) is 9.59 Å². The van der Waals surface area contributed by atoms with E-state index in [2.05, 4.69) is 10.6 Å². The van der Waals surface area contributed by atoms with Gasteiger partial charge in [-0.15, -0.1) is 0 Å². The molecule has 3 rings (SSSR count). The summed E-state index contributed by atoms with van der Waals surface area (Å²) in [4.78, 5) is 25.6. The largest absolute Gasteiger partial charge is 0.488 e. The zero-order valence-electron chi connectivity index (χ0n) is 13.9. The molecule has 1 heterocycles. The summed E-state index contributed by atoms with van der Waals surface area (Å²) in [5.74, 6) is 0.722. The quantitative estimate of drug-likeness (QED) is 0.866. The highest BCUT2D eigenvalue weighted by Gasteiger charge is 2.29. The molecule has 0 spiro atoms. The van der Waals surface area contributed by atoms with E-state index >= 15 is 0 Å². The first kappa shape index (κ1) is 16.6. The van der Waals surface area contributed by atoms with Crippen molar-refractivity contribution in [3.05, 3.63) is 30.3 Å². The van der Waals surface area contributed by atoms with Crippen molar-refractivity contribution in [3.63, 3.8) is 0 Å². The summed E-state index contributed by atoms with van der Waals surface area (Å²) < 4.78 is 6.07. The minimum Gasteiger partial charge on any atom is -0.488 e. The molecule has 1 aliphatic heterocycles. The lowest BCUT2D eigenvalue weighted by Crippen LogP contribution is -2.53. The van der Waals surface area contributed by atoms with Crippen LogP contribution >= 0.6 is 0 Å². The molecule has 0 radical (unpaired) electrons. The maximum atomic E-state index is 12.3. The van der Waals surface area contributed by atoms with Crippen LogP contribution in [0.25, 0.3) is 0 Å². The molecule has 3 amide bonds. The number of amides is 3. The number of carbonyl (C=O) groups excluding carboxylic acids is 2. The third-order valence-corrected chi connectivity index (χ3v) is 4.58. The number of rotatable bonds is 5. The van der Waals surface area contributed by atoms with E-state index in [1.54, 1.807) is 4.90 Å². The molecule has 1 saturated heterocycles. The standard InChI is InChI=1S/C18H25N3O3/c22-17(13-21-12-6-11-19-18(21)23)20-15-9-4-5-10-16(15)24-14-7-2-1-3-8-14/h1-3,7-8,15-16H,4-6,9-13H2,(H,19,23)(H,20,22)/t15-,16-/m1/s1. The predicted octanol–water partition coefficient (Wildman–Crippen LogP) is 1.91. The minimum atomic E-state index is -0.155. The second-order valence-electron chi connectivity index (χ2n) is 6.43. The number of benzene rings is 1. The van der Waals surface area contributed by atoms with E-state index in [0.29, 0.717) is 13.1 Å². The van der Waals surface area contributed by atoms with Crippen LogP contribution in [0.5, 0.6) is 5.75 Å². The molecule has 1 aromatic carbocycles. The number of urea groups is 1. The summed E-state index contributed by atoms with van der Waals surface area (Å²) in [7, 11) is 0. The number of hydrogen-bond acceptors (Lipinski definition) is 3. The summed E-state index contributed by atoms with van der Waals surface area (Å²) in [5.41, 5.74) is 0. The molecular formula is C18H25N3O3.